The van der Waals surface area contributed by atoms with E-state index in [0.29, 0.717) is 10.9 Å². The minimum Gasteiger partial charge on any atom is -0.481 e. The Morgan fingerprint density at radius 3 is 1.90 bits per heavy atom. The van der Waals surface area contributed by atoms with Crippen LogP contribution in [0.25, 0.3) is 0 Å². The summed E-state index contributed by atoms with van der Waals surface area (Å²) in [5.41, 5.74) is -1.78. The highest BCUT2D eigenvalue weighted by molar-refractivity contribution is 5.90. The van der Waals surface area contributed by atoms with Gasteiger partial charge in [0.25, 0.3) is 0 Å². The van der Waals surface area contributed by atoms with Gasteiger partial charge in [-0.05, 0) is 38.5 Å². The quantitative estimate of drug-likeness (QED) is 0.168. The molecule has 5 heteroatoms. The maximum absolute atomic E-state index is 12.5. The van der Waals surface area contributed by atoms with Gasteiger partial charge in [0.1, 0.15) is 6.54 Å². The summed E-state index contributed by atoms with van der Waals surface area (Å²) in [7, 11) is 5.54. The Labute approximate surface area is 184 Å². The van der Waals surface area contributed by atoms with Gasteiger partial charge in [0.15, 0.2) is 11.4 Å². The van der Waals surface area contributed by atoms with Gasteiger partial charge in [0.2, 0.25) is 0 Å². The van der Waals surface area contributed by atoms with Gasteiger partial charge in [-0.1, -0.05) is 63.3 Å². The second kappa shape index (κ2) is 16.3. The lowest BCUT2D eigenvalue weighted by Crippen LogP contribution is -2.54. The van der Waals surface area contributed by atoms with Gasteiger partial charge in [0.05, 0.1) is 27.6 Å². The van der Waals surface area contributed by atoms with Crippen molar-refractivity contribution in [2.45, 2.75) is 96.0 Å². The number of allylic oxidation sites excluding steroid dienone is 4. The molecular weight excluding hydrogens is 378 g/mol. The van der Waals surface area contributed by atoms with E-state index >= 15 is 0 Å². The molecule has 0 aromatic heterocycles. The molecule has 0 aromatic carbocycles. The number of quaternary nitrogens is 1. The lowest BCUT2D eigenvalue weighted by Gasteiger charge is -2.33. The number of carbonyl (C=O) groups excluding carboxylic acids is 1. The Balaban J connectivity index is 3.92. The molecule has 0 radical (unpaired) electrons. The van der Waals surface area contributed by atoms with Crippen LogP contribution in [0.5, 0.6) is 0 Å². The molecule has 1 atom stereocenters. The number of carboxylic acid groups (broad SMARTS) is 1. The van der Waals surface area contributed by atoms with Crippen LogP contribution in [0.2, 0.25) is 0 Å². The normalized spacial score (nSPS) is 14.4. The zero-order valence-corrected chi connectivity index (χ0v) is 19.9. The summed E-state index contributed by atoms with van der Waals surface area (Å²) in [5, 5.41) is 19.7. The third kappa shape index (κ3) is 16.3. The third-order valence-corrected chi connectivity index (χ3v) is 5.05. The van der Waals surface area contributed by atoms with Crippen molar-refractivity contribution in [2.24, 2.45) is 0 Å². The molecule has 0 bridgehead atoms. The first-order valence-corrected chi connectivity index (χ1v) is 11.7. The number of Topliss-reactive ketones (excluding diaryl/α,β-unsaturated/α-hetero) is 1. The molecule has 0 saturated carbocycles. The SMILES string of the molecule is CCCCCC=CC/C=C\CCCCCCCC(=O)[C@@](O)(CC(=O)O)C[N+](C)(C)C. The van der Waals surface area contributed by atoms with E-state index in [0.717, 1.165) is 38.5 Å². The van der Waals surface area contributed by atoms with E-state index in [-0.39, 0.29) is 18.7 Å². The molecule has 30 heavy (non-hydrogen) atoms. The summed E-state index contributed by atoms with van der Waals surface area (Å²) >= 11 is 0. The molecule has 2 N–H and O–H groups in total. The van der Waals surface area contributed by atoms with Crippen molar-refractivity contribution in [3.63, 3.8) is 0 Å². The number of hydrogen-bond donors (Lipinski definition) is 2. The number of aliphatic carboxylic acids is 1. The number of ketones is 1. The number of unbranched alkanes of at least 4 members (excludes halogenated alkanes) is 8. The molecule has 0 spiro atoms. The molecule has 0 unspecified atom stereocenters. The van der Waals surface area contributed by atoms with Crippen molar-refractivity contribution in [3.05, 3.63) is 24.3 Å². The summed E-state index contributed by atoms with van der Waals surface area (Å²) in [6.45, 7) is 2.33. The van der Waals surface area contributed by atoms with Crippen molar-refractivity contribution in [1.29, 1.82) is 0 Å². The molecule has 0 rings (SSSR count). The van der Waals surface area contributed by atoms with Gasteiger partial charge in [0, 0.05) is 6.42 Å². The monoisotopic (exact) mass is 424 g/mol. The molecule has 0 saturated heterocycles. The molecular formula is C25H46NO4+. The van der Waals surface area contributed by atoms with Gasteiger partial charge >= 0.3 is 5.97 Å². The molecule has 0 amide bonds. The molecule has 0 heterocycles. The maximum atomic E-state index is 12.5. The van der Waals surface area contributed by atoms with Crippen molar-refractivity contribution in [2.75, 3.05) is 27.7 Å². The average molecular weight is 425 g/mol. The van der Waals surface area contributed by atoms with Crippen molar-refractivity contribution in [3.8, 4) is 0 Å². The fraction of sp³-hybridized carbons (Fsp3) is 0.760. The largest absolute Gasteiger partial charge is 0.481 e. The topological polar surface area (TPSA) is 74.6 Å². The van der Waals surface area contributed by atoms with Crippen LogP contribution in [0, 0.1) is 0 Å². The Bertz CT molecular complexity index is 534. The first-order chi connectivity index (χ1) is 14.1. The maximum Gasteiger partial charge on any atom is 0.306 e. The number of hydrogen-bond acceptors (Lipinski definition) is 3. The average Bonchev–Trinajstić information content (AvgIpc) is 2.62. The standard InChI is InChI=1S/C25H45NO4/c1-5-6-7-8-9-10-11-12-13-14-15-16-17-18-19-20-23(27)25(30,21-24(28)29)22-26(2,3)4/h9-10,12-13,30H,5-8,11,14-22H2,1-4H3/p+1/b10-9?,13-12-/t25-/m1/s1. The summed E-state index contributed by atoms with van der Waals surface area (Å²) in [6.07, 6.45) is 20.9. The van der Waals surface area contributed by atoms with E-state index in [1.54, 1.807) is 0 Å². The molecule has 0 aromatic rings. The minimum absolute atomic E-state index is 0.110. The van der Waals surface area contributed by atoms with Crippen molar-refractivity contribution >= 4 is 11.8 Å². The summed E-state index contributed by atoms with van der Waals surface area (Å²) in [4.78, 5) is 23.6. The predicted molar refractivity (Wildman–Crippen MR) is 124 cm³/mol. The Hall–Kier alpha value is -1.46. The van der Waals surface area contributed by atoms with E-state index in [4.69, 9.17) is 5.11 Å². The lowest BCUT2D eigenvalue weighted by atomic mass is 9.89. The van der Waals surface area contributed by atoms with Gasteiger partial charge in [-0.2, -0.15) is 0 Å². The summed E-state index contributed by atoms with van der Waals surface area (Å²) in [6, 6.07) is 0. The van der Waals surface area contributed by atoms with Crippen LogP contribution in [0.1, 0.15) is 90.4 Å². The number of carboxylic acids is 1. The van der Waals surface area contributed by atoms with Gasteiger partial charge in [-0.25, -0.2) is 0 Å². The summed E-state index contributed by atoms with van der Waals surface area (Å²) < 4.78 is 0.345. The van der Waals surface area contributed by atoms with Crippen LogP contribution in [0.4, 0.5) is 0 Å². The Kier molecular flexibility index (Phi) is 15.5. The van der Waals surface area contributed by atoms with E-state index in [1.807, 2.05) is 21.1 Å². The van der Waals surface area contributed by atoms with Crippen molar-refractivity contribution in [1.82, 2.24) is 0 Å². The van der Waals surface area contributed by atoms with E-state index in [2.05, 4.69) is 31.2 Å². The number of likely N-dealkylation sites (N-methyl/N-ethyl adjacent to an activating group) is 1. The van der Waals surface area contributed by atoms with Crippen LogP contribution in [-0.4, -0.2) is 59.7 Å². The molecule has 0 aliphatic carbocycles. The highest BCUT2D eigenvalue weighted by Gasteiger charge is 2.42. The Morgan fingerprint density at radius 2 is 1.37 bits per heavy atom. The fourth-order valence-electron chi connectivity index (χ4n) is 3.61. The smallest absolute Gasteiger partial charge is 0.306 e. The third-order valence-electron chi connectivity index (χ3n) is 5.05. The van der Waals surface area contributed by atoms with E-state index in [9.17, 15) is 14.7 Å². The molecule has 0 aliphatic heterocycles. The number of rotatable bonds is 19. The zero-order chi connectivity index (χ0) is 22.9. The van der Waals surface area contributed by atoms with Crippen LogP contribution >= 0.6 is 0 Å². The van der Waals surface area contributed by atoms with Crippen LogP contribution in [-0.2, 0) is 9.59 Å². The van der Waals surface area contributed by atoms with Gasteiger partial charge in [-0.3, -0.25) is 9.59 Å². The van der Waals surface area contributed by atoms with Gasteiger partial charge < -0.3 is 14.7 Å². The van der Waals surface area contributed by atoms with Gasteiger partial charge in [-0.15, -0.1) is 0 Å². The fourth-order valence-corrected chi connectivity index (χ4v) is 3.61. The second-order valence-electron chi connectivity index (χ2n) is 9.45. The molecule has 5 nitrogen and oxygen atoms in total. The van der Waals surface area contributed by atoms with Crippen LogP contribution < -0.4 is 0 Å². The minimum atomic E-state index is -1.78. The molecule has 0 fully saturated rings. The highest BCUT2D eigenvalue weighted by Crippen LogP contribution is 2.20. The van der Waals surface area contributed by atoms with Crippen LogP contribution in [0.15, 0.2) is 24.3 Å². The Morgan fingerprint density at radius 1 is 0.833 bits per heavy atom. The summed E-state index contributed by atoms with van der Waals surface area (Å²) in [5.74, 6) is -1.48. The van der Waals surface area contributed by atoms with E-state index < -0.39 is 18.0 Å². The highest BCUT2D eigenvalue weighted by atomic mass is 16.4. The second-order valence-corrected chi connectivity index (χ2v) is 9.45. The number of nitrogens with zero attached hydrogens (tertiary/aromatic N) is 1. The zero-order valence-electron chi connectivity index (χ0n) is 19.9. The molecule has 0 aliphatic rings. The number of aliphatic hydroxyl groups is 1. The lowest BCUT2D eigenvalue weighted by molar-refractivity contribution is -0.875. The first-order valence-electron chi connectivity index (χ1n) is 11.7. The number of carbonyl (C=O) groups is 2. The predicted octanol–water partition coefficient (Wildman–Crippen LogP) is 5.28. The first kappa shape index (κ1) is 28.5. The molecule has 174 valence electrons. The van der Waals surface area contributed by atoms with Crippen molar-refractivity contribution < 1.29 is 24.3 Å². The van der Waals surface area contributed by atoms with E-state index in [1.165, 1.54) is 25.7 Å². The van der Waals surface area contributed by atoms with Crippen LogP contribution in [0.3, 0.4) is 0 Å².